The zero-order valence-electron chi connectivity index (χ0n) is 20.0. The Hall–Kier alpha value is -4.45. The fourth-order valence-electron chi connectivity index (χ4n) is 4.39. The van der Waals surface area contributed by atoms with Crippen molar-refractivity contribution in [1.82, 2.24) is 15.2 Å². The van der Waals surface area contributed by atoms with Crippen molar-refractivity contribution < 1.29 is 14.6 Å². The van der Waals surface area contributed by atoms with E-state index in [1.165, 1.54) is 0 Å². The molecule has 4 aromatic rings. The van der Waals surface area contributed by atoms with Crippen LogP contribution in [0.4, 0.5) is 0 Å². The van der Waals surface area contributed by atoms with Gasteiger partial charge in [0, 0.05) is 6.42 Å². The maximum atomic E-state index is 11.5. The zero-order chi connectivity index (χ0) is 24.9. The maximum Gasteiger partial charge on any atom is 0.340 e. The summed E-state index contributed by atoms with van der Waals surface area (Å²) in [6.45, 7) is 2.17. The van der Waals surface area contributed by atoms with Gasteiger partial charge in [0.25, 0.3) is 0 Å². The van der Waals surface area contributed by atoms with Gasteiger partial charge in [-0.25, -0.2) is 9.78 Å². The smallest absolute Gasteiger partial charge is 0.340 e. The number of hydrogen-bond donors (Lipinski definition) is 2. The molecule has 180 valence electrons. The van der Waals surface area contributed by atoms with Gasteiger partial charge in [-0.3, -0.25) is 5.10 Å². The monoisotopic (exact) mass is 477 g/mol. The van der Waals surface area contributed by atoms with E-state index in [-0.39, 0.29) is 17.4 Å². The van der Waals surface area contributed by atoms with Crippen LogP contribution in [0.5, 0.6) is 0 Å². The van der Waals surface area contributed by atoms with Gasteiger partial charge in [0.15, 0.2) is 17.3 Å². The van der Waals surface area contributed by atoms with Crippen molar-refractivity contribution in [2.45, 2.75) is 32.1 Å². The van der Waals surface area contributed by atoms with Crippen LogP contribution in [0, 0.1) is 0 Å². The van der Waals surface area contributed by atoms with Crippen LogP contribution in [0.15, 0.2) is 96.5 Å². The predicted molar refractivity (Wildman–Crippen MR) is 139 cm³/mol. The van der Waals surface area contributed by atoms with E-state index in [9.17, 15) is 9.90 Å². The molecule has 0 saturated heterocycles. The van der Waals surface area contributed by atoms with Crippen molar-refractivity contribution in [3.63, 3.8) is 0 Å². The first-order valence-corrected chi connectivity index (χ1v) is 12.1. The van der Waals surface area contributed by atoms with Crippen molar-refractivity contribution >= 4 is 12.0 Å². The lowest BCUT2D eigenvalue weighted by atomic mass is 9.89. The normalized spacial score (nSPS) is 15.1. The quantitative estimate of drug-likeness (QED) is 0.289. The molecule has 3 aromatic carbocycles. The molecule has 0 bridgehead atoms. The molecule has 0 saturated carbocycles. The highest BCUT2D eigenvalue weighted by atomic mass is 16.6. The number of carbonyl (C=O) groups excluding carboxylic acids is 1. The molecule has 1 aliphatic rings. The van der Waals surface area contributed by atoms with Crippen LogP contribution in [0.3, 0.4) is 0 Å². The number of rotatable bonds is 8. The van der Waals surface area contributed by atoms with Gasteiger partial charge in [0.05, 0.1) is 12.0 Å². The van der Waals surface area contributed by atoms with Gasteiger partial charge in [-0.2, -0.15) is 5.10 Å². The summed E-state index contributed by atoms with van der Waals surface area (Å²) in [5, 5.41) is 17.7. The van der Waals surface area contributed by atoms with E-state index in [1.807, 2.05) is 42.5 Å². The van der Waals surface area contributed by atoms with Gasteiger partial charge in [-0.05, 0) is 40.3 Å². The number of aliphatic hydroxyl groups excluding tert-OH is 1. The molecule has 2 N–H and O–H groups in total. The molecule has 0 aliphatic carbocycles. The highest BCUT2D eigenvalue weighted by Crippen LogP contribution is 2.33. The summed E-state index contributed by atoms with van der Waals surface area (Å²) in [7, 11) is 0. The molecule has 6 nitrogen and oxygen atoms in total. The first kappa shape index (κ1) is 23.3. The van der Waals surface area contributed by atoms with E-state index in [0.29, 0.717) is 0 Å². The summed E-state index contributed by atoms with van der Waals surface area (Å²) in [5.41, 5.74) is 5.02. The molecule has 0 fully saturated rings. The van der Waals surface area contributed by atoms with E-state index < -0.39 is 5.97 Å². The van der Waals surface area contributed by atoms with Crippen LogP contribution >= 0.6 is 0 Å². The number of nitrogens with one attached hydrogen (secondary N) is 1. The molecule has 1 aliphatic heterocycles. The van der Waals surface area contributed by atoms with E-state index >= 15 is 0 Å². The lowest BCUT2D eigenvalue weighted by Crippen LogP contribution is -2.06. The highest BCUT2D eigenvalue weighted by Gasteiger charge is 2.22. The van der Waals surface area contributed by atoms with E-state index in [0.717, 1.165) is 64.8 Å². The predicted octanol–water partition coefficient (Wildman–Crippen LogP) is 6.33. The molecule has 36 heavy (non-hydrogen) atoms. The maximum absolute atomic E-state index is 11.5. The summed E-state index contributed by atoms with van der Waals surface area (Å²) in [4.78, 5) is 16.3. The molecule has 6 heteroatoms. The minimum atomic E-state index is -0.572. The van der Waals surface area contributed by atoms with Crippen molar-refractivity contribution in [1.29, 1.82) is 0 Å². The second-order valence-electron chi connectivity index (χ2n) is 8.76. The number of hydrogen-bond acceptors (Lipinski definition) is 5. The van der Waals surface area contributed by atoms with Crippen molar-refractivity contribution in [3.05, 3.63) is 125 Å². The Balaban J connectivity index is 1.49. The second kappa shape index (κ2) is 10.4. The van der Waals surface area contributed by atoms with Gasteiger partial charge in [0.2, 0.25) is 0 Å². The number of esters is 1. The number of carbonyl (C=O) groups is 1. The third-order valence-corrected chi connectivity index (χ3v) is 6.23. The van der Waals surface area contributed by atoms with Crippen molar-refractivity contribution in [2.24, 2.45) is 0 Å². The van der Waals surface area contributed by atoms with Gasteiger partial charge in [-0.1, -0.05) is 92.2 Å². The SMILES string of the molecule is CCCCc1nc(C(c2ccccc2)c2ccc(-c3ccccc3/C=C3\OC(=O)C=C3O)cc2)n[nH]1. The van der Waals surface area contributed by atoms with Crippen LogP contribution < -0.4 is 0 Å². The number of H-pyrrole nitrogens is 1. The lowest BCUT2D eigenvalue weighted by molar-refractivity contribution is -0.132. The van der Waals surface area contributed by atoms with Gasteiger partial charge in [-0.15, -0.1) is 0 Å². The van der Waals surface area contributed by atoms with Crippen LogP contribution in [0.25, 0.3) is 17.2 Å². The number of aliphatic hydroxyl groups is 1. The fraction of sp³-hybridized carbons (Fsp3) is 0.167. The van der Waals surface area contributed by atoms with Gasteiger partial charge >= 0.3 is 5.97 Å². The Morgan fingerprint density at radius 3 is 2.42 bits per heavy atom. The number of cyclic esters (lactones) is 1. The Kier molecular flexibility index (Phi) is 6.76. The van der Waals surface area contributed by atoms with E-state index in [4.69, 9.17) is 9.72 Å². The molecule has 0 radical (unpaired) electrons. The average molecular weight is 478 g/mol. The first-order valence-electron chi connectivity index (χ1n) is 12.1. The molecule has 1 unspecified atom stereocenters. The van der Waals surface area contributed by atoms with Gasteiger partial charge < -0.3 is 9.84 Å². The summed E-state index contributed by atoms with van der Waals surface area (Å²) in [6, 6.07) is 26.4. The molecule has 0 amide bonds. The van der Waals surface area contributed by atoms with Crippen molar-refractivity contribution in [2.75, 3.05) is 0 Å². The number of aromatic amines is 1. The lowest BCUT2D eigenvalue weighted by Gasteiger charge is -2.16. The van der Waals surface area contributed by atoms with Crippen LogP contribution in [0.1, 0.15) is 54.0 Å². The number of aryl methyl sites for hydroxylation is 1. The van der Waals surface area contributed by atoms with E-state index in [1.54, 1.807) is 6.08 Å². The minimum Gasteiger partial charge on any atom is -0.504 e. The largest absolute Gasteiger partial charge is 0.504 e. The Morgan fingerprint density at radius 1 is 0.972 bits per heavy atom. The first-order chi connectivity index (χ1) is 17.6. The van der Waals surface area contributed by atoms with Crippen LogP contribution in [0.2, 0.25) is 0 Å². The van der Waals surface area contributed by atoms with Crippen LogP contribution in [-0.2, 0) is 16.0 Å². The second-order valence-corrected chi connectivity index (χ2v) is 8.76. The third-order valence-electron chi connectivity index (χ3n) is 6.23. The Bertz CT molecular complexity index is 1420. The topological polar surface area (TPSA) is 88.1 Å². The molecule has 0 spiro atoms. The number of unbranched alkanes of at least 4 members (excludes halogenated alkanes) is 1. The summed E-state index contributed by atoms with van der Waals surface area (Å²) in [6.07, 6.45) is 5.82. The van der Waals surface area contributed by atoms with E-state index in [2.05, 4.69) is 53.5 Å². The van der Waals surface area contributed by atoms with Crippen LogP contribution in [-0.4, -0.2) is 26.3 Å². The molecular weight excluding hydrogens is 450 g/mol. The Labute approximate surface area is 210 Å². The molecule has 1 atom stereocenters. The average Bonchev–Trinajstić information content (AvgIpc) is 3.49. The number of ether oxygens (including phenoxy) is 1. The molecule has 2 heterocycles. The van der Waals surface area contributed by atoms with Crippen molar-refractivity contribution in [3.8, 4) is 11.1 Å². The summed E-state index contributed by atoms with van der Waals surface area (Å²) in [5.74, 6) is 0.991. The summed E-state index contributed by atoms with van der Waals surface area (Å²) >= 11 is 0. The third kappa shape index (κ3) is 4.98. The molecule has 5 rings (SSSR count). The number of benzene rings is 3. The van der Waals surface area contributed by atoms with Gasteiger partial charge in [0.1, 0.15) is 5.82 Å². The summed E-state index contributed by atoms with van der Waals surface area (Å²) < 4.78 is 5.11. The minimum absolute atomic E-state index is 0.0933. The molecular formula is C30H27N3O3. The number of nitrogens with zero attached hydrogens (tertiary/aromatic N) is 2. The Morgan fingerprint density at radius 2 is 1.69 bits per heavy atom. The standard InChI is InChI=1S/C30H27N3O3/c1-2-3-13-27-31-30(33-32-27)29(21-9-5-4-6-10-21)22-16-14-20(15-17-22)24-12-8-7-11-23(24)18-26-25(34)19-28(35)36-26/h4-12,14-19,29,34H,2-3,13H2,1H3,(H,31,32,33)/b26-18-. The highest BCUT2D eigenvalue weighted by molar-refractivity contribution is 5.89. The fourth-order valence-corrected chi connectivity index (χ4v) is 4.39. The zero-order valence-corrected chi connectivity index (χ0v) is 20.0. The number of aromatic nitrogens is 3. The molecule has 1 aromatic heterocycles.